The van der Waals surface area contributed by atoms with Crippen LogP contribution in [0.2, 0.25) is 5.02 Å². The molecule has 8 nitrogen and oxygen atoms in total. The first kappa shape index (κ1) is 21.2. The summed E-state index contributed by atoms with van der Waals surface area (Å²) in [6, 6.07) is 4.22. The van der Waals surface area contributed by atoms with Crippen LogP contribution in [0, 0.1) is 27.8 Å². The molecule has 2 aromatic rings. The van der Waals surface area contributed by atoms with Crippen LogP contribution in [0.3, 0.4) is 0 Å². The van der Waals surface area contributed by atoms with Gasteiger partial charge in [-0.3, -0.25) is 10.1 Å². The number of nitrogens with zero attached hydrogens (tertiary/aromatic N) is 3. The number of aromatic nitrogens is 2. The van der Waals surface area contributed by atoms with E-state index in [2.05, 4.69) is 15.3 Å². The Labute approximate surface area is 173 Å². The van der Waals surface area contributed by atoms with Gasteiger partial charge in [-0.1, -0.05) is 11.6 Å². The highest BCUT2D eigenvalue weighted by Gasteiger charge is 2.27. The first-order chi connectivity index (χ1) is 13.9. The van der Waals surface area contributed by atoms with Crippen LogP contribution in [0.15, 0.2) is 18.2 Å². The summed E-state index contributed by atoms with van der Waals surface area (Å²) < 4.78 is 13.9. The van der Waals surface area contributed by atoms with Gasteiger partial charge in [-0.25, -0.2) is 9.37 Å². The van der Waals surface area contributed by atoms with Crippen molar-refractivity contribution in [3.8, 4) is 0 Å². The SMILES string of the molecule is NCC1CCC(Cc2nc(NCc3cc(Cl)ccc3F)nc(N)c2[N+](=O)[O-])CC1. The highest BCUT2D eigenvalue weighted by molar-refractivity contribution is 6.30. The predicted octanol–water partition coefficient (Wildman–Crippen LogP) is 3.68. The summed E-state index contributed by atoms with van der Waals surface area (Å²) in [5, 5.41) is 14.8. The Kier molecular flexibility index (Phi) is 6.81. The lowest BCUT2D eigenvalue weighted by Crippen LogP contribution is -2.23. The van der Waals surface area contributed by atoms with Gasteiger partial charge in [-0.15, -0.1) is 0 Å². The van der Waals surface area contributed by atoms with Gasteiger partial charge in [0.05, 0.1) is 4.92 Å². The predicted molar refractivity (Wildman–Crippen MR) is 110 cm³/mol. The number of hydrogen-bond acceptors (Lipinski definition) is 7. The van der Waals surface area contributed by atoms with E-state index in [9.17, 15) is 14.5 Å². The van der Waals surface area contributed by atoms with Gasteiger partial charge >= 0.3 is 5.69 Å². The number of benzene rings is 1. The standard InChI is InChI=1S/C19H24ClFN6O2/c20-14-5-6-15(21)13(8-14)10-24-19-25-16(17(27(28)29)18(23)26-19)7-11-1-3-12(9-22)4-2-11/h5-6,8,11-12H,1-4,7,9-10,22H2,(H3,23,24,25,26). The Bertz CT molecular complexity index is 889. The Morgan fingerprint density at radius 2 is 1.93 bits per heavy atom. The van der Waals surface area contributed by atoms with E-state index in [-0.39, 0.29) is 29.9 Å². The molecule has 0 atom stereocenters. The normalized spacial score (nSPS) is 19.1. The maximum atomic E-state index is 13.9. The lowest BCUT2D eigenvalue weighted by Gasteiger charge is -2.27. The van der Waals surface area contributed by atoms with E-state index in [1.807, 2.05) is 0 Å². The summed E-state index contributed by atoms with van der Waals surface area (Å²) in [7, 11) is 0. The molecule has 1 aromatic heterocycles. The topological polar surface area (TPSA) is 133 Å². The van der Waals surface area contributed by atoms with Gasteiger partial charge in [0.15, 0.2) is 0 Å². The molecule has 1 aliphatic carbocycles. The van der Waals surface area contributed by atoms with Gasteiger partial charge < -0.3 is 16.8 Å². The molecule has 0 radical (unpaired) electrons. The fourth-order valence-electron chi connectivity index (χ4n) is 3.74. The molecule has 1 heterocycles. The Balaban J connectivity index is 1.78. The van der Waals surface area contributed by atoms with Crippen molar-refractivity contribution in [3.05, 3.63) is 50.4 Å². The number of nitrogens with two attached hydrogens (primary N) is 2. The zero-order valence-electron chi connectivity index (χ0n) is 15.9. The van der Waals surface area contributed by atoms with Crippen molar-refractivity contribution in [1.82, 2.24) is 9.97 Å². The third kappa shape index (κ3) is 5.30. The summed E-state index contributed by atoms with van der Waals surface area (Å²) >= 11 is 5.91. The molecular weight excluding hydrogens is 399 g/mol. The van der Waals surface area contributed by atoms with Crippen molar-refractivity contribution in [1.29, 1.82) is 0 Å². The second-order valence-corrected chi connectivity index (χ2v) is 7.84. The first-order valence-electron chi connectivity index (χ1n) is 9.56. The summed E-state index contributed by atoms with van der Waals surface area (Å²) in [4.78, 5) is 19.3. The highest BCUT2D eigenvalue weighted by Crippen LogP contribution is 2.34. The van der Waals surface area contributed by atoms with Crippen LogP contribution in [0.25, 0.3) is 0 Å². The number of nitrogens with one attached hydrogen (secondary N) is 1. The summed E-state index contributed by atoms with van der Waals surface area (Å²) in [6.07, 6.45) is 4.35. The van der Waals surface area contributed by atoms with Gasteiger partial charge in [-0.2, -0.15) is 4.98 Å². The molecule has 10 heteroatoms. The molecule has 0 spiro atoms. The van der Waals surface area contributed by atoms with Crippen molar-refractivity contribution in [2.24, 2.45) is 17.6 Å². The molecule has 5 N–H and O–H groups in total. The molecule has 0 aliphatic heterocycles. The maximum Gasteiger partial charge on any atom is 0.332 e. The highest BCUT2D eigenvalue weighted by atomic mass is 35.5. The third-order valence-electron chi connectivity index (χ3n) is 5.39. The Hall–Kier alpha value is -2.52. The fraction of sp³-hybridized carbons (Fsp3) is 0.474. The van der Waals surface area contributed by atoms with E-state index in [1.165, 1.54) is 18.2 Å². The summed E-state index contributed by atoms with van der Waals surface area (Å²) in [5.74, 6) is 0.294. The van der Waals surface area contributed by atoms with Crippen molar-refractivity contribution >= 4 is 29.1 Å². The van der Waals surface area contributed by atoms with E-state index in [0.717, 1.165) is 25.7 Å². The lowest BCUT2D eigenvalue weighted by atomic mass is 9.80. The number of nitro groups is 1. The van der Waals surface area contributed by atoms with E-state index >= 15 is 0 Å². The zero-order chi connectivity index (χ0) is 21.0. The molecule has 1 saturated carbocycles. The molecule has 1 aromatic carbocycles. The molecule has 3 rings (SSSR count). The summed E-state index contributed by atoms with van der Waals surface area (Å²) in [5.41, 5.74) is 12.0. The van der Waals surface area contributed by atoms with Crippen LogP contribution in [0.4, 0.5) is 21.8 Å². The first-order valence-corrected chi connectivity index (χ1v) is 9.93. The number of halogens is 2. The van der Waals surface area contributed by atoms with E-state index < -0.39 is 10.7 Å². The van der Waals surface area contributed by atoms with Crippen LogP contribution in [0.5, 0.6) is 0 Å². The summed E-state index contributed by atoms with van der Waals surface area (Å²) in [6.45, 7) is 0.742. The molecule has 1 fully saturated rings. The molecular formula is C19H24ClFN6O2. The van der Waals surface area contributed by atoms with Crippen molar-refractivity contribution in [2.75, 3.05) is 17.6 Å². The molecule has 0 amide bonds. The van der Waals surface area contributed by atoms with Crippen LogP contribution < -0.4 is 16.8 Å². The van der Waals surface area contributed by atoms with Crippen molar-refractivity contribution < 1.29 is 9.31 Å². The van der Waals surface area contributed by atoms with E-state index in [1.54, 1.807) is 0 Å². The quantitative estimate of drug-likeness (QED) is 0.457. The van der Waals surface area contributed by atoms with Crippen molar-refractivity contribution in [3.63, 3.8) is 0 Å². The van der Waals surface area contributed by atoms with Crippen LogP contribution >= 0.6 is 11.6 Å². The third-order valence-corrected chi connectivity index (χ3v) is 5.63. The minimum absolute atomic E-state index is 0.0741. The molecule has 29 heavy (non-hydrogen) atoms. The van der Waals surface area contributed by atoms with Gasteiger partial charge in [0, 0.05) is 17.1 Å². The Morgan fingerprint density at radius 3 is 2.59 bits per heavy atom. The minimum atomic E-state index is -0.545. The van der Waals surface area contributed by atoms with Crippen LogP contribution in [0.1, 0.15) is 36.9 Å². The fourth-order valence-corrected chi connectivity index (χ4v) is 3.93. The number of rotatable bonds is 7. The monoisotopic (exact) mass is 422 g/mol. The van der Waals surface area contributed by atoms with Crippen molar-refractivity contribution in [2.45, 2.75) is 38.6 Å². The second-order valence-electron chi connectivity index (χ2n) is 7.40. The molecule has 0 bridgehead atoms. The molecule has 0 unspecified atom stereocenters. The number of anilines is 2. The smallest absolute Gasteiger partial charge is 0.332 e. The van der Waals surface area contributed by atoms with E-state index in [0.29, 0.717) is 35.2 Å². The average molecular weight is 423 g/mol. The van der Waals surface area contributed by atoms with E-state index in [4.69, 9.17) is 23.1 Å². The Morgan fingerprint density at radius 1 is 1.24 bits per heavy atom. The largest absolute Gasteiger partial charge is 0.378 e. The van der Waals surface area contributed by atoms with Crippen LogP contribution in [-0.4, -0.2) is 21.4 Å². The van der Waals surface area contributed by atoms with Gasteiger partial charge in [0.2, 0.25) is 11.8 Å². The number of nitrogen functional groups attached to an aromatic ring is 1. The minimum Gasteiger partial charge on any atom is -0.378 e. The lowest BCUT2D eigenvalue weighted by molar-refractivity contribution is -0.385. The van der Waals surface area contributed by atoms with Gasteiger partial charge in [-0.05, 0) is 68.7 Å². The van der Waals surface area contributed by atoms with Crippen LogP contribution in [-0.2, 0) is 13.0 Å². The zero-order valence-corrected chi connectivity index (χ0v) is 16.7. The average Bonchev–Trinajstić information content (AvgIpc) is 2.68. The van der Waals surface area contributed by atoms with Gasteiger partial charge in [0.1, 0.15) is 11.5 Å². The molecule has 0 saturated heterocycles. The maximum absolute atomic E-state index is 13.9. The molecule has 1 aliphatic rings. The second kappa shape index (κ2) is 9.32. The molecule has 156 valence electrons. The van der Waals surface area contributed by atoms with Gasteiger partial charge in [0.25, 0.3) is 0 Å². The number of hydrogen-bond donors (Lipinski definition) is 3.